The van der Waals surface area contributed by atoms with E-state index in [1.54, 1.807) is 6.20 Å². The number of nitrogens with zero attached hydrogens (tertiary/aromatic N) is 4. The lowest BCUT2D eigenvalue weighted by Crippen LogP contribution is -2.27. The van der Waals surface area contributed by atoms with Gasteiger partial charge in [0, 0.05) is 30.2 Å². The zero-order valence-electron chi connectivity index (χ0n) is 17.6. The normalized spacial score (nSPS) is 12.7. The summed E-state index contributed by atoms with van der Waals surface area (Å²) in [4.78, 5) is 12.9. The number of para-hydroxylation sites is 1. The highest BCUT2D eigenvalue weighted by atomic mass is 16.1. The number of aromatic nitrogens is 4. The van der Waals surface area contributed by atoms with Crippen LogP contribution >= 0.6 is 0 Å². The largest absolute Gasteiger partial charge is 0.350 e. The molecule has 2 aromatic heterocycles. The van der Waals surface area contributed by atoms with Crippen LogP contribution in [0.5, 0.6) is 0 Å². The highest BCUT2D eigenvalue weighted by Crippen LogP contribution is 2.28. The quantitative estimate of drug-likeness (QED) is 0.524. The Labute approximate surface area is 181 Å². The van der Waals surface area contributed by atoms with E-state index in [-0.39, 0.29) is 5.91 Å². The molecule has 5 rings (SSSR count). The predicted molar refractivity (Wildman–Crippen MR) is 120 cm³/mol. The summed E-state index contributed by atoms with van der Waals surface area (Å²) >= 11 is 0. The van der Waals surface area contributed by atoms with E-state index >= 15 is 0 Å². The third kappa shape index (κ3) is 3.77. The van der Waals surface area contributed by atoms with Crippen LogP contribution < -0.4 is 5.32 Å². The van der Waals surface area contributed by atoms with Gasteiger partial charge in [0.1, 0.15) is 0 Å². The number of hydrogen-bond donors (Lipinski definition) is 1. The van der Waals surface area contributed by atoms with Gasteiger partial charge in [-0.05, 0) is 68.0 Å². The number of amides is 1. The summed E-state index contributed by atoms with van der Waals surface area (Å²) in [6.45, 7) is 2.65. The van der Waals surface area contributed by atoms with Gasteiger partial charge in [0.05, 0.1) is 11.4 Å². The van der Waals surface area contributed by atoms with E-state index < -0.39 is 0 Å². The molecule has 0 atom stereocenters. The average molecular weight is 412 g/mol. The third-order valence-corrected chi connectivity index (χ3v) is 5.89. The minimum absolute atomic E-state index is 0.0846. The second-order valence-corrected chi connectivity index (χ2v) is 7.95. The van der Waals surface area contributed by atoms with Gasteiger partial charge in [-0.25, -0.2) is 9.36 Å². The molecule has 0 saturated carbocycles. The molecule has 0 radical (unpaired) electrons. The molecule has 0 fully saturated rings. The van der Waals surface area contributed by atoms with E-state index in [1.807, 2.05) is 45.9 Å². The van der Waals surface area contributed by atoms with Gasteiger partial charge in [0.2, 0.25) is 0 Å². The number of carbonyl (C=O) groups is 1. The van der Waals surface area contributed by atoms with Gasteiger partial charge in [0.25, 0.3) is 5.91 Å². The highest BCUT2D eigenvalue weighted by Gasteiger charge is 2.27. The standard InChI is InChI=1S/C25H25N5O/c1-18-6-2-3-8-22(18)30-23-9-4-7-21(23)24(28-30)25(31)26-16-14-19-10-12-20(13-11-19)29-17-5-15-27-29/h2-3,5-6,8,10-13,15,17H,4,7,9,14,16H2,1H3,(H,26,31). The maximum atomic E-state index is 12.9. The molecule has 0 saturated heterocycles. The van der Waals surface area contributed by atoms with Crippen molar-refractivity contribution in [1.29, 1.82) is 0 Å². The first kappa shape index (κ1) is 19.3. The maximum Gasteiger partial charge on any atom is 0.272 e. The number of benzene rings is 2. The van der Waals surface area contributed by atoms with Gasteiger partial charge in [0.15, 0.2) is 5.69 Å². The van der Waals surface area contributed by atoms with E-state index in [4.69, 9.17) is 5.10 Å². The lowest BCUT2D eigenvalue weighted by molar-refractivity contribution is 0.0948. The molecule has 0 aliphatic heterocycles. The summed E-state index contributed by atoms with van der Waals surface area (Å²) in [5.41, 5.74) is 7.26. The molecule has 4 aromatic rings. The molecule has 1 N–H and O–H groups in total. The molecule has 156 valence electrons. The molecule has 1 aliphatic rings. The van der Waals surface area contributed by atoms with Gasteiger partial charge in [-0.1, -0.05) is 30.3 Å². The second-order valence-electron chi connectivity index (χ2n) is 7.95. The Morgan fingerprint density at radius 2 is 1.90 bits per heavy atom. The van der Waals surface area contributed by atoms with Crippen molar-refractivity contribution in [2.24, 2.45) is 0 Å². The predicted octanol–water partition coefficient (Wildman–Crippen LogP) is 3.83. The number of nitrogens with one attached hydrogen (secondary N) is 1. The summed E-state index contributed by atoms with van der Waals surface area (Å²) in [5, 5.41) is 12.0. The Hall–Kier alpha value is -3.67. The Kier molecular flexibility index (Phi) is 5.12. The van der Waals surface area contributed by atoms with E-state index in [9.17, 15) is 4.79 Å². The fraction of sp³-hybridized carbons (Fsp3) is 0.240. The molecule has 2 heterocycles. The number of aryl methyl sites for hydroxylation is 1. The van der Waals surface area contributed by atoms with Crippen LogP contribution in [0.15, 0.2) is 67.0 Å². The molecular weight excluding hydrogens is 386 g/mol. The van der Waals surface area contributed by atoms with Crippen LogP contribution in [-0.2, 0) is 19.3 Å². The monoisotopic (exact) mass is 411 g/mol. The van der Waals surface area contributed by atoms with E-state index in [0.29, 0.717) is 12.2 Å². The molecule has 6 heteroatoms. The lowest BCUT2D eigenvalue weighted by Gasteiger charge is -2.08. The van der Waals surface area contributed by atoms with Crippen molar-refractivity contribution >= 4 is 5.91 Å². The van der Waals surface area contributed by atoms with Crippen molar-refractivity contribution in [3.05, 3.63) is 95.1 Å². The van der Waals surface area contributed by atoms with Crippen molar-refractivity contribution in [3.63, 3.8) is 0 Å². The third-order valence-electron chi connectivity index (χ3n) is 5.89. The zero-order valence-corrected chi connectivity index (χ0v) is 17.6. The fourth-order valence-electron chi connectivity index (χ4n) is 4.26. The van der Waals surface area contributed by atoms with Crippen LogP contribution in [0.25, 0.3) is 11.4 Å². The molecule has 6 nitrogen and oxygen atoms in total. The fourth-order valence-corrected chi connectivity index (χ4v) is 4.26. The second kappa shape index (κ2) is 8.22. The minimum Gasteiger partial charge on any atom is -0.350 e. The molecule has 0 bridgehead atoms. The van der Waals surface area contributed by atoms with Crippen molar-refractivity contribution in [1.82, 2.24) is 24.9 Å². The Balaban J connectivity index is 1.27. The molecule has 2 aromatic carbocycles. The van der Waals surface area contributed by atoms with Crippen molar-refractivity contribution in [3.8, 4) is 11.4 Å². The molecule has 0 spiro atoms. The van der Waals surface area contributed by atoms with Gasteiger partial charge < -0.3 is 5.32 Å². The van der Waals surface area contributed by atoms with Crippen LogP contribution in [0, 0.1) is 6.92 Å². The van der Waals surface area contributed by atoms with Crippen LogP contribution in [0.4, 0.5) is 0 Å². The number of fused-ring (bicyclic) bond motifs is 1. The summed E-state index contributed by atoms with van der Waals surface area (Å²) in [5.74, 6) is -0.0846. The van der Waals surface area contributed by atoms with Gasteiger partial charge in [-0.15, -0.1) is 0 Å². The summed E-state index contributed by atoms with van der Waals surface area (Å²) in [7, 11) is 0. The molecular formula is C25H25N5O. The van der Waals surface area contributed by atoms with Crippen molar-refractivity contribution in [2.45, 2.75) is 32.6 Å². The maximum absolute atomic E-state index is 12.9. The van der Waals surface area contributed by atoms with Crippen molar-refractivity contribution in [2.75, 3.05) is 6.54 Å². The molecule has 1 amide bonds. The highest BCUT2D eigenvalue weighted by molar-refractivity contribution is 5.94. The summed E-state index contributed by atoms with van der Waals surface area (Å²) < 4.78 is 3.80. The summed E-state index contributed by atoms with van der Waals surface area (Å²) in [6.07, 6.45) is 7.41. The van der Waals surface area contributed by atoms with Gasteiger partial charge >= 0.3 is 0 Å². The van der Waals surface area contributed by atoms with Crippen molar-refractivity contribution < 1.29 is 4.79 Å². The number of carbonyl (C=O) groups excluding carboxylic acids is 1. The molecule has 31 heavy (non-hydrogen) atoms. The van der Waals surface area contributed by atoms with Gasteiger partial charge in [-0.3, -0.25) is 4.79 Å². The van der Waals surface area contributed by atoms with Crippen LogP contribution in [0.3, 0.4) is 0 Å². The molecule has 1 aliphatic carbocycles. The smallest absolute Gasteiger partial charge is 0.272 e. The number of hydrogen-bond acceptors (Lipinski definition) is 3. The van der Waals surface area contributed by atoms with E-state index in [1.165, 1.54) is 11.3 Å². The summed E-state index contributed by atoms with van der Waals surface area (Å²) in [6, 6.07) is 18.3. The Morgan fingerprint density at radius 3 is 2.68 bits per heavy atom. The van der Waals surface area contributed by atoms with E-state index in [2.05, 4.69) is 41.6 Å². The topological polar surface area (TPSA) is 64.7 Å². The van der Waals surface area contributed by atoms with E-state index in [0.717, 1.165) is 48.2 Å². The number of rotatable bonds is 6. The zero-order chi connectivity index (χ0) is 21.2. The minimum atomic E-state index is -0.0846. The first-order valence-electron chi connectivity index (χ1n) is 10.7. The Morgan fingerprint density at radius 1 is 1.06 bits per heavy atom. The van der Waals surface area contributed by atoms with Crippen LogP contribution in [0.1, 0.15) is 39.3 Å². The SMILES string of the molecule is Cc1ccccc1-n1nc(C(=O)NCCc2ccc(-n3cccn3)cc2)c2c1CCC2. The Bertz CT molecular complexity index is 1210. The molecule has 0 unspecified atom stereocenters. The first-order valence-corrected chi connectivity index (χ1v) is 10.7. The average Bonchev–Trinajstić information content (AvgIpc) is 3.53. The van der Waals surface area contributed by atoms with Crippen LogP contribution in [0.2, 0.25) is 0 Å². The van der Waals surface area contributed by atoms with Crippen LogP contribution in [-0.4, -0.2) is 32.0 Å². The van der Waals surface area contributed by atoms with Gasteiger partial charge in [-0.2, -0.15) is 10.2 Å². The first-order chi connectivity index (χ1) is 15.2. The lowest BCUT2D eigenvalue weighted by atomic mass is 10.1.